The van der Waals surface area contributed by atoms with Crippen LogP contribution in [0, 0.1) is 0 Å². The Morgan fingerprint density at radius 1 is 1.15 bits per heavy atom. The lowest BCUT2D eigenvalue weighted by Gasteiger charge is -2.23. The van der Waals surface area contributed by atoms with Gasteiger partial charge in [0.1, 0.15) is 0 Å². The zero-order valence-corrected chi connectivity index (χ0v) is 15.2. The van der Waals surface area contributed by atoms with E-state index in [1.807, 2.05) is 30.9 Å². The first-order chi connectivity index (χ1) is 12.5. The molecule has 0 aliphatic rings. The van der Waals surface area contributed by atoms with Crippen molar-refractivity contribution in [2.24, 2.45) is 0 Å². The van der Waals surface area contributed by atoms with Crippen LogP contribution in [0.2, 0.25) is 5.02 Å². The van der Waals surface area contributed by atoms with E-state index in [1.165, 1.54) is 4.68 Å². The van der Waals surface area contributed by atoms with Crippen molar-refractivity contribution in [3.05, 3.63) is 63.4 Å². The summed E-state index contributed by atoms with van der Waals surface area (Å²) in [5.74, 6) is -1.35. The SMILES string of the molecule is CCN(CC)c1cccc2c1c(=O)c(C(=O)O)nn2-c1ccc(Cl)cc1. The zero-order valence-electron chi connectivity index (χ0n) is 14.4. The molecule has 3 aromatic rings. The number of anilines is 1. The maximum Gasteiger partial charge on any atom is 0.360 e. The Kier molecular flexibility index (Phi) is 4.95. The minimum Gasteiger partial charge on any atom is -0.476 e. The summed E-state index contributed by atoms with van der Waals surface area (Å²) in [6, 6.07) is 12.3. The maximum absolute atomic E-state index is 12.9. The first-order valence-corrected chi connectivity index (χ1v) is 8.66. The number of fused-ring (bicyclic) bond motifs is 1. The summed E-state index contributed by atoms with van der Waals surface area (Å²) in [6.45, 7) is 5.36. The topological polar surface area (TPSA) is 75.4 Å². The number of benzene rings is 2. The molecule has 0 amide bonds. The molecule has 0 radical (unpaired) electrons. The summed E-state index contributed by atoms with van der Waals surface area (Å²) in [4.78, 5) is 26.5. The average molecular weight is 372 g/mol. The third-order valence-electron chi connectivity index (χ3n) is 4.27. The van der Waals surface area contributed by atoms with Gasteiger partial charge in [-0.2, -0.15) is 5.10 Å². The summed E-state index contributed by atoms with van der Waals surface area (Å²) < 4.78 is 1.48. The highest BCUT2D eigenvalue weighted by atomic mass is 35.5. The van der Waals surface area contributed by atoms with Crippen molar-refractivity contribution in [2.45, 2.75) is 13.8 Å². The second kappa shape index (κ2) is 7.17. The van der Waals surface area contributed by atoms with E-state index in [2.05, 4.69) is 5.10 Å². The van der Waals surface area contributed by atoms with Crippen LogP contribution in [0.4, 0.5) is 5.69 Å². The van der Waals surface area contributed by atoms with Gasteiger partial charge in [-0.3, -0.25) is 4.79 Å². The number of rotatable bonds is 5. The van der Waals surface area contributed by atoms with Crippen LogP contribution in [0.1, 0.15) is 24.3 Å². The highest BCUT2D eigenvalue weighted by molar-refractivity contribution is 6.30. The highest BCUT2D eigenvalue weighted by Gasteiger charge is 2.21. The lowest BCUT2D eigenvalue weighted by molar-refractivity contribution is 0.0687. The molecule has 26 heavy (non-hydrogen) atoms. The minimum atomic E-state index is -1.35. The summed E-state index contributed by atoms with van der Waals surface area (Å²) in [5.41, 5.74) is 0.780. The summed E-state index contributed by atoms with van der Waals surface area (Å²) in [5, 5.41) is 14.5. The van der Waals surface area contributed by atoms with Crippen LogP contribution in [0.25, 0.3) is 16.6 Å². The molecule has 0 fully saturated rings. The molecule has 1 aromatic heterocycles. The molecular weight excluding hydrogens is 354 g/mol. The van der Waals surface area contributed by atoms with Crippen LogP contribution in [0.5, 0.6) is 0 Å². The first-order valence-electron chi connectivity index (χ1n) is 8.28. The van der Waals surface area contributed by atoms with E-state index in [0.717, 1.165) is 0 Å². The Morgan fingerprint density at radius 3 is 2.38 bits per heavy atom. The molecule has 0 aliphatic carbocycles. The zero-order chi connectivity index (χ0) is 18.8. The van der Waals surface area contributed by atoms with Crippen LogP contribution in [-0.2, 0) is 0 Å². The second-order valence-electron chi connectivity index (χ2n) is 5.71. The van der Waals surface area contributed by atoms with Gasteiger partial charge in [-0.15, -0.1) is 0 Å². The fraction of sp³-hybridized carbons (Fsp3) is 0.211. The summed E-state index contributed by atoms with van der Waals surface area (Å²) >= 11 is 5.95. The molecule has 6 nitrogen and oxygen atoms in total. The molecule has 3 rings (SSSR count). The Morgan fingerprint density at radius 2 is 1.81 bits per heavy atom. The number of aromatic nitrogens is 2. The van der Waals surface area contributed by atoms with E-state index in [9.17, 15) is 14.7 Å². The normalized spacial score (nSPS) is 10.9. The van der Waals surface area contributed by atoms with Crippen molar-refractivity contribution >= 4 is 34.2 Å². The molecule has 7 heteroatoms. The number of aromatic carboxylic acids is 1. The van der Waals surface area contributed by atoms with E-state index >= 15 is 0 Å². The van der Waals surface area contributed by atoms with Crippen molar-refractivity contribution in [1.82, 2.24) is 9.78 Å². The van der Waals surface area contributed by atoms with Gasteiger partial charge in [-0.1, -0.05) is 17.7 Å². The standard InChI is InChI=1S/C19H18ClN3O3/c1-3-22(4-2)14-6-5-7-15-16(14)18(24)17(19(25)26)21-23(15)13-10-8-12(20)9-11-13/h5-11H,3-4H2,1-2H3,(H,25,26). The van der Waals surface area contributed by atoms with Crippen LogP contribution in [0.3, 0.4) is 0 Å². The third-order valence-corrected chi connectivity index (χ3v) is 4.52. The van der Waals surface area contributed by atoms with Gasteiger partial charge in [-0.05, 0) is 50.2 Å². The molecular formula is C19H18ClN3O3. The van der Waals surface area contributed by atoms with E-state index in [-0.39, 0.29) is 0 Å². The third kappa shape index (κ3) is 3.04. The lowest BCUT2D eigenvalue weighted by atomic mass is 10.1. The van der Waals surface area contributed by atoms with Crippen LogP contribution < -0.4 is 10.3 Å². The van der Waals surface area contributed by atoms with Crippen molar-refractivity contribution in [2.75, 3.05) is 18.0 Å². The summed E-state index contributed by atoms with van der Waals surface area (Å²) in [7, 11) is 0. The smallest absolute Gasteiger partial charge is 0.360 e. The number of carboxylic acids is 1. The minimum absolute atomic E-state index is 0.346. The quantitative estimate of drug-likeness (QED) is 0.741. The van der Waals surface area contributed by atoms with E-state index in [0.29, 0.717) is 40.4 Å². The predicted molar refractivity (Wildman–Crippen MR) is 103 cm³/mol. The number of hydrogen-bond acceptors (Lipinski definition) is 4. The van der Waals surface area contributed by atoms with Crippen LogP contribution in [-0.4, -0.2) is 33.9 Å². The highest BCUT2D eigenvalue weighted by Crippen LogP contribution is 2.26. The molecule has 2 aromatic carbocycles. The van der Waals surface area contributed by atoms with Crippen molar-refractivity contribution < 1.29 is 9.90 Å². The molecule has 0 spiro atoms. The van der Waals surface area contributed by atoms with E-state index in [1.54, 1.807) is 30.3 Å². The van der Waals surface area contributed by atoms with E-state index in [4.69, 9.17) is 11.6 Å². The molecule has 0 atom stereocenters. The van der Waals surface area contributed by atoms with Crippen molar-refractivity contribution in [1.29, 1.82) is 0 Å². The molecule has 0 saturated carbocycles. The van der Waals surface area contributed by atoms with Gasteiger partial charge in [0.2, 0.25) is 11.1 Å². The van der Waals surface area contributed by atoms with Crippen LogP contribution >= 0.6 is 11.6 Å². The molecule has 1 N–H and O–H groups in total. The number of carboxylic acid groups (broad SMARTS) is 1. The average Bonchev–Trinajstić information content (AvgIpc) is 2.64. The van der Waals surface area contributed by atoms with Gasteiger partial charge >= 0.3 is 5.97 Å². The first kappa shape index (κ1) is 17.9. The lowest BCUT2D eigenvalue weighted by Crippen LogP contribution is -2.27. The number of hydrogen-bond donors (Lipinski definition) is 1. The molecule has 0 bridgehead atoms. The molecule has 1 heterocycles. The predicted octanol–water partition coefficient (Wildman–Crippen LogP) is 3.58. The number of carbonyl (C=O) groups is 1. The number of nitrogens with zero attached hydrogens (tertiary/aromatic N) is 3. The van der Waals surface area contributed by atoms with Gasteiger partial charge < -0.3 is 10.0 Å². The Labute approximate surface area is 155 Å². The fourth-order valence-corrected chi connectivity index (χ4v) is 3.13. The van der Waals surface area contributed by atoms with E-state index < -0.39 is 17.1 Å². The second-order valence-corrected chi connectivity index (χ2v) is 6.15. The molecule has 0 saturated heterocycles. The number of halogens is 1. The van der Waals surface area contributed by atoms with Gasteiger partial charge in [0.25, 0.3) is 0 Å². The molecule has 0 unspecified atom stereocenters. The summed E-state index contributed by atoms with van der Waals surface area (Å²) in [6.07, 6.45) is 0. The van der Waals surface area contributed by atoms with Gasteiger partial charge in [0.15, 0.2) is 0 Å². The molecule has 0 aliphatic heterocycles. The van der Waals surface area contributed by atoms with Crippen molar-refractivity contribution in [3.8, 4) is 5.69 Å². The Balaban J connectivity index is 2.44. The molecule has 134 valence electrons. The fourth-order valence-electron chi connectivity index (χ4n) is 3.00. The van der Waals surface area contributed by atoms with Gasteiger partial charge in [-0.25, -0.2) is 9.48 Å². The van der Waals surface area contributed by atoms with Crippen LogP contribution in [0.15, 0.2) is 47.3 Å². The Hall–Kier alpha value is -2.86. The van der Waals surface area contributed by atoms with Gasteiger partial charge in [0, 0.05) is 18.1 Å². The van der Waals surface area contributed by atoms with Gasteiger partial charge in [0.05, 0.1) is 22.3 Å². The Bertz CT molecular complexity index is 1020. The largest absolute Gasteiger partial charge is 0.476 e. The maximum atomic E-state index is 12.9. The monoisotopic (exact) mass is 371 g/mol. The van der Waals surface area contributed by atoms with Crippen molar-refractivity contribution in [3.63, 3.8) is 0 Å².